The van der Waals surface area contributed by atoms with E-state index in [-0.39, 0.29) is 5.56 Å². The van der Waals surface area contributed by atoms with Crippen LogP contribution in [0.15, 0.2) is 4.79 Å². The standard InChI is InChI=1S/C12H17N3O2/c16-12-9-7-17-6-3-10(9)14-11(15-12)8-1-4-13-5-2-8/h8,13H,1-7H2,(H,14,15,16). The van der Waals surface area contributed by atoms with Crippen LogP contribution in [0.5, 0.6) is 0 Å². The van der Waals surface area contributed by atoms with E-state index >= 15 is 0 Å². The van der Waals surface area contributed by atoms with Crippen molar-refractivity contribution in [3.63, 3.8) is 0 Å². The number of ether oxygens (including phenoxy) is 1. The molecule has 2 aliphatic rings. The summed E-state index contributed by atoms with van der Waals surface area (Å²) in [4.78, 5) is 19.5. The highest BCUT2D eigenvalue weighted by Crippen LogP contribution is 2.22. The summed E-state index contributed by atoms with van der Waals surface area (Å²) < 4.78 is 5.29. The molecule has 92 valence electrons. The Morgan fingerprint density at radius 1 is 1.29 bits per heavy atom. The first-order valence-electron chi connectivity index (χ1n) is 6.25. The van der Waals surface area contributed by atoms with Crippen molar-refractivity contribution in [2.24, 2.45) is 0 Å². The molecule has 1 saturated heterocycles. The summed E-state index contributed by atoms with van der Waals surface area (Å²) in [5, 5.41) is 3.32. The fourth-order valence-corrected chi connectivity index (χ4v) is 2.55. The monoisotopic (exact) mass is 235 g/mol. The highest BCUT2D eigenvalue weighted by atomic mass is 16.5. The van der Waals surface area contributed by atoms with Crippen molar-refractivity contribution in [3.8, 4) is 0 Å². The zero-order valence-corrected chi connectivity index (χ0v) is 9.79. The van der Waals surface area contributed by atoms with Gasteiger partial charge in [0.15, 0.2) is 0 Å². The number of aromatic nitrogens is 2. The van der Waals surface area contributed by atoms with Crippen molar-refractivity contribution in [2.75, 3.05) is 19.7 Å². The van der Waals surface area contributed by atoms with Crippen LogP contribution < -0.4 is 10.9 Å². The number of H-pyrrole nitrogens is 1. The predicted octanol–water partition coefficient (Wildman–Crippen LogP) is 0.310. The van der Waals surface area contributed by atoms with E-state index in [1.165, 1.54) is 0 Å². The van der Waals surface area contributed by atoms with Gasteiger partial charge in [0.1, 0.15) is 5.82 Å². The molecule has 0 aliphatic carbocycles. The maximum atomic E-state index is 11.9. The Kier molecular flexibility index (Phi) is 2.94. The van der Waals surface area contributed by atoms with Gasteiger partial charge in [0, 0.05) is 12.3 Å². The lowest BCUT2D eigenvalue weighted by Crippen LogP contribution is -2.31. The van der Waals surface area contributed by atoms with Gasteiger partial charge in [0.25, 0.3) is 5.56 Å². The summed E-state index contributed by atoms with van der Waals surface area (Å²) in [6.45, 7) is 3.10. The predicted molar refractivity (Wildman–Crippen MR) is 63.1 cm³/mol. The highest BCUT2D eigenvalue weighted by Gasteiger charge is 2.21. The molecule has 2 aliphatic heterocycles. The highest BCUT2D eigenvalue weighted by molar-refractivity contribution is 5.20. The smallest absolute Gasteiger partial charge is 0.256 e. The minimum Gasteiger partial charge on any atom is -0.376 e. The molecule has 0 atom stereocenters. The number of piperidine rings is 1. The van der Waals surface area contributed by atoms with E-state index in [0.717, 1.165) is 43.9 Å². The SMILES string of the molecule is O=c1[nH]c(C2CCNCC2)nc2c1COCC2. The number of rotatable bonds is 1. The fourth-order valence-electron chi connectivity index (χ4n) is 2.55. The number of hydrogen-bond acceptors (Lipinski definition) is 4. The van der Waals surface area contributed by atoms with E-state index in [9.17, 15) is 4.79 Å². The molecule has 0 amide bonds. The molecule has 0 bridgehead atoms. The Labute approximate surface area is 99.6 Å². The Hall–Kier alpha value is -1.20. The van der Waals surface area contributed by atoms with Gasteiger partial charge in [-0.1, -0.05) is 0 Å². The van der Waals surface area contributed by atoms with E-state index in [2.05, 4.69) is 15.3 Å². The van der Waals surface area contributed by atoms with Gasteiger partial charge in [-0.15, -0.1) is 0 Å². The van der Waals surface area contributed by atoms with Crippen LogP contribution in [0.3, 0.4) is 0 Å². The molecule has 0 unspecified atom stereocenters. The molecule has 3 rings (SSSR count). The molecule has 0 saturated carbocycles. The fraction of sp³-hybridized carbons (Fsp3) is 0.667. The molecular formula is C12H17N3O2. The average molecular weight is 235 g/mol. The third-order valence-corrected chi connectivity index (χ3v) is 3.57. The van der Waals surface area contributed by atoms with Gasteiger partial charge in [-0.2, -0.15) is 0 Å². The van der Waals surface area contributed by atoms with Crippen molar-refractivity contribution < 1.29 is 4.74 Å². The van der Waals surface area contributed by atoms with E-state index in [1.807, 2.05) is 0 Å². The third-order valence-electron chi connectivity index (χ3n) is 3.57. The lowest BCUT2D eigenvalue weighted by Gasteiger charge is -2.23. The van der Waals surface area contributed by atoms with Crippen molar-refractivity contribution >= 4 is 0 Å². The van der Waals surface area contributed by atoms with Crippen LogP contribution in [0.1, 0.15) is 35.8 Å². The molecular weight excluding hydrogens is 218 g/mol. The summed E-state index contributed by atoms with van der Waals surface area (Å²) in [7, 11) is 0. The minimum atomic E-state index is -0.0109. The van der Waals surface area contributed by atoms with Crippen LogP contribution in [0.4, 0.5) is 0 Å². The summed E-state index contributed by atoms with van der Waals surface area (Å²) >= 11 is 0. The van der Waals surface area contributed by atoms with Gasteiger partial charge < -0.3 is 15.0 Å². The first-order chi connectivity index (χ1) is 8.34. The second kappa shape index (κ2) is 4.58. The molecule has 0 aromatic carbocycles. The van der Waals surface area contributed by atoms with Crippen LogP contribution in [-0.4, -0.2) is 29.7 Å². The summed E-state index contributed by atoms with van der Waals surface area (Å²) in [6.07, 6.45) is 2.87. The maximum absolute atomic E-state index is 11.9. The zero-order chi connectivity index (χ0) is 11.7. The number of hydrogen-bond donors (Lipinski definition) is 2. The van der Waals surface area contributed by atoms with Crippen molar-refractivity contribution in [1.82, 2.24) is 15.3 Å². The molecule has 0 spiro atoms. The van der Waals surface area contributed by atoms with Gasteiger partial charge in [-0.3, -0.25) is 4.79 Å². The van der Waals surface area contributed by atoms with E-state index < -0.39 is 0 Å². The van der Waals surface area contributed by atoms with Crippen LogP contribution in [0, 0.1) is 0 Å². The average Bonchev–Trinajstić information content (AvgIpc) is 2.40. The van der Waals surface area contributed by atoms with Gasteiger partial charge in [0.2, 0.25) is 0 Å². The largest absolute Gasteiger partial charge is 0.376 e. The van der Waals surface area contributed by atoms with E-state index in [4.69, 9.17) is 4.74 Å². The van der Waals surface area contributed by atoms with Crippen LogP contribution >= 0.6 is 0 Å². The minimum absolute atomic E-state index is 0.0109. The molecule has 1 aromatic heterocycles. The molecule has 1 aromatic rings. The normalized spacial score (nSPS) is 21.2. The van der Waals surface area contributed by atoms with Gasteiger partial charge >= 0.3 is 0 Å². The lowest BCUT2D eigenvalue weighted by atomic mass is 9.97. The molecule has 3 heterocycles. The topological polar surface area (TPSA) is 67.0 Å². The Morgan fingerprint density at radius 2 is 2.12 bits per heavy atom. The van der Waals surface area contributed by atoms with E-state index in [1.54, 1.807) is 0 Å². The second-order valence-corrected chi connectivity index (χ2v) is 4.70. The Morgan fingerprint density at radius 3 is 2.94 bits per heavy atom. The number of fused-ring (bicyclic) bond motifs is 1. The molecule has 5 nitrogen and oxygen atoms in total. The molecule has 0 radical (unpaired) electrons. The maximum Gasteiger partial charge on any atom is 0.256 e. The molecule has 5 heteroatoms. The number of aromatic amines is 1. The zero-order valence-electron chi connectivity index (χ0n) is 9.79. The summed E-state index contributed by atoms with van der Waals surface area (Å²) in [5.74, 6) is 1.27. The Balaban J connectivity index is 1.95. The third kappa shape index (κ3) is 2.12. The number of nitrogens with one attached hydrogen (secondary N) is 2. The summed E-state index contributed by atoms with van der Waals surface area (Å²) in [5.41, 5.74) is 1.64. The quantitative estimate of drug-likeness (QED) is 0.735. The first kappa shape index (κ1) is 10.9. The van der Waals surface area contributed by atoms with Crippen molar-refractivity contribution in [1.29, 1.82) is 0 Å². The van der Waals surface area contributed by atoms with Crippen molar-refractivity contribution in [3.05, 3.63) is 27.4 Å². The molecule has 2 N–H and O–H groups in total. The molecule has 17 heavy (non-hydrogen) atoms. The van der Waals surface area contributed by atoms with Crippen molar-refractivity contribution in [2.45, 2.75) is 31.8 Å². The van der Waals surface area contributed by atoms with E-state index in [0.29, 0.717) is 24.7 Å². The van der Waals surface area contributed by atoms with Gasteiger partial charge in [-0.05, 0) is 25.9 Å². The Bertz CT molecular complexity index is 463. The number of nitrogens with zero attached hydrogens (tertiary/aromatic N) is 1. The second-order valence-electron chi connectivity index (χ2n) is 4.70. The van der Waals surface area contributed by atoms with Crippen LogP contribution in [-0.2, 0) is 17.8 Å². The first-order valence-corrected chi connectivity index (χ1v) is 6.25. The molecule has 1 fully saturated rings. The van der Waals surface area contributed by atoms with Gasteiger partial charge in [-0.25, -0.2) is 4.98 Å². The van der Waals surface area contributed by atoms with Crippen LogP contribution in [0.25, 0.3) is 0 Å². The lowest BCUT2D eigenvalue weighted by molar-refractivity contribution is 0.107. The summed E-state index contributed by atoms with van der Waals surface area (Å²) in [6, 6.07) is 0. The van der Waals surface area contributed by atoms with Crippen LogP contribution in [0.2, 0.25) is 0 Å². The van der Waals surface area contributed by atoms with Gasteiger partial charge in [0.05, 0.1) is 24.5 Å².